The molecule has 0 aliphatic carbocycles. The molecule has 0 saturated heterocycles. The monoisotopic (exact) mass is 379 g/mol. The van der Waals surface area contributed by atoms with Crippen molar-refractivity contribution in [3.05, 3.63) is 78.8 Å². The smallest absolute Gasteiger partial charge is 0.244 e. The SMILES string of the molecule is O=C(/C=C/c1ccco1)NCCC(=O)NC(Cn1cncn1)c1ccccc1. The van der Waals surface area contributed by atoms with E-state index in [4.69, 9.17) is 4.42 Å². The minimum Gasteiger partial charge on any atom is -0.465 e. The highest BCUT2D eigenvalue weighted by molar-refractivity contribution is 5.91. The van der Waals surface area contributed by atoms with Gasteiger partial charge >= 0.3 is 0 Å². The minimum absolute atomic E-state index is 0.163. The molecule has 8 nitrogen and oxygen atoms in total. The molecule has 3 rings (SSSR count). The Hall–Kier alpha value is -3.68. The molecule has 144 valence electrons. The van der Waals surface area contributed by atoms with Gasteiger partial charge in [0.25, 0.3) is 0 Å². The predicted octanol–water partition coefficient (Wildman–Crippen LogP) is 1.95. The number of aromatic nitrogens is 3. The molecule has 0 spiro atoms. The number of hydrogen-bond acceptors (Lipinski definition) is 5. The lowest BCUT2D eigenvalue weighted by molar-refractivity contribution is -0.122. The molecule has 0 radical (unpaired) electrons. The van der Waals surface area contributed by atoms with Gasteiger partial charge in [-0.2, -0.15) is 5.10 Å². The Labute approximate surface area is 162 Å². The van der Waals surface area contributed by atoms with E-state index in [1.165, 1.54) is 18.7 Å². The van der Waals surface area contributed by atoms with Crippen molar-refractivity contribution in [3.63, 3.8) is 0 Å². The highest BCUT2D eigenvalue weighted by Crippen LogP contribution is 2.14. The van der Waals surface area contributed by atoms with Gasteiger partial charge in [-0.05, 0) is 23.8 Å². The van der Waals surface area contributed by atoms with Crippen LogP contribution in [0.3, 0.4) is 0 Å². The van der Waals surface area contributed by atoms with Crippen LogP contribution in [0.1, 0.15) is 23.8 Å². The normalized spacial score (nSPS) is 12.0. The van der Waals surface area contributed by atoms with Crippen molar-refractivity contribution in [2.24, 2.45) is 0 Å². The molecule has 1 atom stereocenters. The van der Waals surface area contributed by atoms with Crippen LogP contribution < -0.4 is 10.6 Å². The van der Waals surface area contributed by atoms with Gasteiger partial charge in [-0.25, -0.2) is 4.98 Å². The van der Waals surface area contributed by atoms with Crippen molar-refractivity contribution in [2.75, 3.05) is 6.54 Å². The van der Waals surface area contributed by atoms with E-state index in [9.17, 15) is 9.59 Å². The summed E-state index contributed by atoms with van der Waals surface area (Å²) in [5.74, 6) is 0.141. The first kappa shape index (κ1) is 19.1. The Kier molecular flexibility index (Phi) is 6.73. The number of furan rings is 1. The minimum atomic E-state index is -0.286. The molecule has 8 heteroatoms. The molecule has 0 bridgehead atoms. The lowest BCUT2D eigenvalue weighted by Crippen LogP contribution is -2.34. The number of carbonyl (C=O) groups excluding carboxylic acids is 2. The number of benzene rings is 1. The summed E-state index contributed by atoms with van der Waals surface area (Å²) < 4.78 is 6.78. The Morgan fingerprint density at radius 3 is 2.75 bits per heavy atom. The lowest BCUT2D eigenvalue weighted by atomic mass is 10.1. The first-order valence-corrected chi connectivity index (χ1v) is 8.87. The van der Waals surface area contributed by atoms with E-state index in [1.807, 2.05) is 30.3 Å². The topological polar surface area (TPSA) is 102 Å². The van der Waals surface area contributed by atoms with Crippen molar-refractivity contribution in [1.82, 2.24) is 25.4 Å². The Morgan fingerprint density at radius 2 is 2.04 bits per heavy atom. The number of hydrogen-bond donors (Lipinski definition) is 2. The predicted molar refractivity (Wildman–Crippen MR) is 103 cm³/mol. The second-order valence-corrected chi connectivity index (χ2v) is 6.04. The molecule has 2 N–H and O–H groups in total. The second kappa shape index (κ2) is 9.86. The summed E-state index contributed by atoms with van der Waals surface area (Å²) >= 11 is 0. The highest BCUT2D eigenvalue weighted by atomic mass is 16.3. The van der Waals surface area contributed by atoms with Crippen LogP contribution in [0.15, 0.2) is 71.9 Å². The number of nitrogens with one attached hydrogen (secondary N) is 2. The van der Waals surface area contributed by atoms with E-state index >= 15 is 0 Å². The van der Waals surface area contributed by atoms with Crippen molar-refractivity contribution >= 4 is 17.9 Å². The van der Waals surface area contributed by atoms with Gasteiger partial charge in [0.2, 0.25) is 11.8 Å². The molecule has 1 aromatic carbocycles. The molecule has 2 aromatic heterocycles. The van der Waals surface area contributed by atoms with Crippen LogP contribution in [0, 0.1) is 0 Å². The van der Waals surface area contributed by atoms with Gasteiger partial charge in [0.05, 0.1) is 18.8 Å². The molecule has 0 aliphatic heterocycles. The van der Waals surface area contributed by atoms with E-state index < -0.39 is 0 Å². The third-order valence-electron chi connectivity index (χ3n) is 3.97. The Bertz CT molecular complexity index is 889. The maximum atomic E-state index is 12.3. The molecule has 2 heterocycles. The standard InChI is InChI=1S/C20H21N5O3/c26-19(9-8-17-7-4-12-28-17)22-11-10-20(27)24-18(13-25-15-21-14-23-25)16-5-2-1-3-6-16/h1-9,12,14-15,18H,10-11,13H2,(H,22,26)(H,24,27)/b9-8+. The quantitative estimate of drug-likeness (QED) is 0.553. The highest BCUT2D eigenvalue weighted by Gasteiger charge is 2.15. The fourth-order valence-electron chi connectivity index (χ4n) is 2.60. The summed E-state index contributed by atoms with van der Waals surface area (Å²) in [5, 5.41) is 9.76. The van der Waals surface area contributed by atoms with Gasteiger partial charge in [0.15, 0.2) is 0 Å². The number of rotatable bonds is 9. The van der Waals surface area contributed by atoms with E-state index in [1.54, 1.807) is 29.2 Å². The molecule has 0 aliphatic rings. The zero-order valence-electron chi connectivity index (χ0n) is 15.2. The van der Waals surface area contributed by atoms with Crippen LogP contribution in [-0.2, 0) is 16.1 Å². The van der Waals surface area contributed by atoms with Gasteiger partial charge in [-0.15, -0.1) is 0 Å². The fraction of sp³-hybridized carbons (Fsp3) is 0.200. The zero-order chi connectivity index (χ0) is 19.6. The molecule has 1 unspecified atom stereocenters. The third-order valence-corrected chi connectivity index (χ3v) is 3.97. The number of nitrogens with zero attached hydrogens (tertiary/aromatic N) is 3. The van der Waals surface area contributed by atoms with Crippen molar-refractivity contribution < 1.29 is 14.0 Å². The largest absolute Gasteiger partial charge is 0.465 e. The van der Waals surface area contributed by atoms with Crippen LogP contribution >= 0.6 is 0 Å². The van der Waals surface area contributed by atoms with Crippen molar-refractivity contribution in [2.45, 2.75) is 19.0 Å². The maximum absolute atomic E-state index is 12.3. The van der Waals surface area contributed by atoms with Gasteiger partial charge < -0.3 is 15.1 Å². The summed E-state index contributed by atoms with van der Waals surface area (Å²) in [5.41, 5.74) is 0.969. The number of amides is 2. The van der Waals surface area contributed by atoms with E-state index in [0.717, 1.165) is 5.56 Å². The van der Waals surface area contributed by atoms with Crippen molar-refractivity contribution in [1.29, 1.82) is 0 Å². The Balaban J connectivity index is 1.48. The summed E-state index contributed by atoms with van der Waals surface area (Å²) in [4.78, 5) is 28.1. The van der Waals surface area contributed by atoms with Crippen LogP contribution in [0.5, 0.6) is 0 Å². The van der Waals surface area contributed by atoms with Crippen LogP contribution in [0.4, 0.5) is 0 Å². The molecule has 0 fully saturated rings. The average Bonchev–Trinajstić information content (AvgIpc) is 3.41. The summed E-state index contributed by atoms with van der Waals surface area (Å²) in [6, 6.07) is 12.9. The third kappa shape index (κ3) is 5.94. The average molecular weight is 379 g/mol. The van der Waals surface area contributed by atoms with Gasteiger partial charge in [-0.3, -0.25) is 14.3 Å². The molecular formula is C20H21N5O3. The van der Waals surface area contributed by atoms with E-state index in [-0.39, 0.29) is 30.8 Å². The maximum Gasteiger partial charge on any atom is 0.244 e. The number of carbonyl (C=O) groups is 2. The first-order chi connectivity index (χ1) is 13.7. The Morgan fingerprint density at radius 1 is 1.18 bits per heavy atom. The van der Waals surface area contributed by atoms with Crippen LogP contribution in [0.25, 0.3) is 6.08 Å². The summed E-state index contributed by atoms with van der Waals surface area (Å²) in [7, 11) is 0. The molecular weight excluding hydrogens is 358 g/mol. The molecule has 2 amide bonds. The van der Waals surface area contributed by atoms with Gasteiger partial charge in [-0.1, -0.05) is 30.3 Å². The lowest BCUT2D eigenvalue weighted by Gasteiger charge is -2.19. The van der Waals surface area contributed by atoms with Crippen LogP contribution in [0.2, 0.25) is 0 Å². The molecule has 3 aromatic rings. The van der Waals surface area contributed by atoms with Gasteiger partial charge in [0.1, 0.15) is 18.4 Å². The summed E-state index contributed by atoms with van der Waals surface area (Å²) in [6.45, 7) is 0.700. The van der Waals surface area contributed by atoms with E-state index in [0.29, 0.717) is 12.3 Å². The molecule has 28 heavy (non-hydrogen) atoms. The summed E-state index contributed by atoms with van der Waals surface area (Å²) in [6.07, 6.45) is 7.70. The molecule has 0 saturated carbocycles. The first-order valence-electron chi connectivity index (χ1n) is 8.87. The van der Waals surface area contributed by atoms with Crippen LogP contribution in [-0.4, -0.2) is 33.1 Å². The van der Waals surface area contributed by atoms with Crippen molar-refractivity contribution in [3.8, 4) is 0 Å². The zero-order valence-corrected chi connectivity index (χ0v) is 15.2. The van der Waals surface area contributed by atoms with Gasteiger partial charge in [0, 0.05) is 19.0 Å². The fourth-order valence-corrected chi connectivity index (χ4v) is 2.60. The second-order valence-electron chi connectivity index (χ2n) is 6.04. The van der Waals surface area contributed by atoms with E-state index in [2.05, 4.69) is 20.7 Å².